The predicted molar refractivity (Wildman–Crippen MR) is 199 cm³/mol. The molecule has 2 heterocycles. The lowest BCUT2D eigenvalue weighted by Gasteiger charge is -2.28. The molecule has 0 spiro atoms. The number of nitrogens with zero attached hydrogens (tertiary/aromatic N) is 1. The smallest absolute Gasteiger partial charge is 0.255 e. The summed E-state index contributed by atoms with van der Waals surface area (Å²) < 4.78 is 45.2. The van der Waals surface area contributed by atoms with Crippen LogP contribution in [0.3, 0.4) is 0 Å². The maximum absolute atomic E-state index is 12.8. The number of hydrogen-bond donors (Lipinski definition) is 2. The number of carbonyl (C=O) groups is 1. The van der Waals surface area contributed by atoms with E-state index in [0.717, 1.165) is 47.4 Å². The van der Waals surface area contributed by atoms with Crippen molar-refractivity contribution in [3.05, 3.63) is 89.0 Å². The van der Waals surface area contributed by atoms with Crippen LogP contribution >= 0.6 is 0 Å². The molecule has 2 aliphatic rings. The van der Waals surface area contributed by atoms with Crippen LogP contribution in [-0.4, -0.2) is 67.5 Å². The third-order valence-corrected chi connectivity index (χ3v) is 9.10. The van der Waals surface area contributed by atoms with Crippen LogP contribution in [-0.2, 0) is 4.84 Å². The molecule has 6 rings (SSSR count). The molecule has 0 bridgehead atoms. The van der Waals surface area contributed by atoms with Crippen LogP contribution in [0.1, 0.15) is 65.0 Å². The Labute approximate surface area is 309 Å². The quantitative estimate of drug-likeness (QED) is 0.108. The highest BCUT2D eigenvalue weighted by Crippen LogP contribution is 2.41. The van der Waals surface area contributed by atoms with Crippen molar-refractivity contribution in [3.63, 3.8) is 0 Å². The van der Waals surface area contributed by atoms with E-state index in [2.05, 4.69) is 15.8 Å². The fraction of sp³-hybridized carbons (Fsp3) is 0.350. The summed E-state index contributed by atoms with van der Waals surface area (Å²) >= 11 is 0. The highest BCUT2D eigenvalue weighted by atomic mass is 16.6. The van der Waals surface area contributed by atoms with Gasteiger partial charge in [0.05, 0.1) is 67.1 Å². The van der Waals surface area contributed by atoms with Gasteiger partial charge in [0.15, 0.2) is 40.6 Å². The van der Waals surface area contributed by atoms with Crippen molar-refractivity contribution in [3.8, 4) is 46.0 Å². The van der Waals surface area contributed by atoms with Gasteiger partial charge in [-0.05, 0) is 85.0 Å². The minimum atomic E-state index is -0.421. The van der Waals surface area contributed by atoms with Crippen LogP contribution < -0.4 is 48.5 Å². The van der Waals surface area contributed by atoms with E-state index >= 15 is 0 Å². The molecule has 2 N–H and O–H groups in total. The third-order valence-electron chi connectivity index (χ3n) is 9.10. The number of amides is 1. The molecule has 0 radical (unpaired) electrons. The van der Waals surface area contributed by atoms with E-state index in [9.17, 15) is 4.79 Å². The maximum atomic E-state index is 12.8. The van der Waals surface area contributed by atoms with Gasteiger partial charge in [0.25, 0.3) is 5.91 Å². The highest BCUT2D eigenvalue weighted by Gasteiger charge is 2.28. The summed E-state index contributed by atoms with van der Waals surface area (Å²) in [4.78, 5) is 18.7. The molecule has 0 fully saturated rings. The van der Waals surface area contributed by atoms with Crippen LogP contribution in [0.4, 0.5) is 5.69 Å². The summed E-state index contributed by atoms with van der Waals surface area (Å²) in [5, 5.41) is 10.7. The molecule has 0 aliphatic carbocycles. The zero-order valence-corrected chi connectivity index (χ0v) is 30.8. The second-order valence-corrected chi connectivity index (χ2v) is 12.3. The summed E-state index contributed by atoms with van der Waals surface area (Å²) in [6.45, 7) is 1.02. The first kappa shape index (κ1) is 36.8. The van der Waals surface area contributed by atoms with Crippen LogP contribution in [0.2, 0.25) is 0 Å². The van der Waals surface area contributed by atoms with E-state index in [1.807, 2.05) is 60.7 Å². The fourth-order valence-electron chi connectivity index (χ4n) is 6.24. The number of methoxy groups -OCH3 is 6. The zero-order chi connectivity index (χ0) is 37.3. The maximum Gasteiger partial charge on any atom is 0.255 e. The summed E-state index contributed by atoms with van der Waals surface area (Å²) in [7, 11) is 9.53. The molecule has 0 aromatic heterocycles. The Hall–Kier alpha value is -5.98. The number of rotatable bonds is 17. The summed E-state index contributed by atoms with van der Waals surface area (Å²) in [6, 6.07) is 20.5. The van der Waals surface area contributed by atoms with Crippen molar-refractivity contribution >= 4 is 17.3 Å². The largest absolute Gasteiger partial charge is 0.497 e. The van der Waals surface area contributed by atoms with Gasteiger partial charge in [-0.2, -0.15) is 0 Å². The average molecular weight is 728 g/mol. The van der Waals surface area contributed by atoms with E-state index < -0.39 is 6.17 Å². The first-order valence-corrected chi connectivity index (χ1v) is 17.3. The Morgan fingerprint density at radius 1 is 0.642 bits per heavy atom. The normalized spacial score (nSPS) is 15.9. The molecule has 13 nitrogen and oxygen atoms in total. The van der Waals surface area contributed by atoms with Gasteiger partial charge in [-0.25, -0.2) is 0 Å². The number of ether oxygens (including phenoxy) is 8. The number of unbranched alkanes of at least 4 members (excludes halogenated alkanes) is 2. The highest BCUT2D eigenvalue weighted by molar-refractivity contribution is 6.03. The number of nitrogens with one attached hydrogen (secondary N) is 2. The zero-order valence-electron chi connectivity index (χ0n) is 30.8. The summed E-state index contributed by atoms with van der Waals surface area (Å²) in [5.41, 5.74) is 4.62. The molecule has 280 valence electrons. The summed E-state index contributed by atoms with van der Waals surface area (Å²) in [6.07, 6.45) is 2.37. The molecule has 13 heteroatoms. The minimum absolute atomic E-state index is 0.183. The lowest BCUT2D eigenvalue weighted by molar-refractivity contribution is 0.0854. The van der Waals surface area contributed by atoms with Gasteiger partial charge in [0.2, 0.25) is 5.75 Å². The first-order valence-electron chi connectivity index (χ1n) is 17.3. The lowest BCUT2D eigenvalue weighted by Crippen LogP contribution is -2.38. The minimum Gasteiger partial charge on any atom is -0.497 e. The topological polar surface area (TPSA) is 137 Å². The molecule has 0 saturated heterocycles. The lowest BCUT2D eigenvalue weighted by atomic mass is 9.99. The molecule has 1 amide bonds. The monoisotopic (exact) mass is 727 g/mol. The van der Waals surface area contributed by atoms with Gasteiger partial charge in [-0.1, -0.05) is 17.3 Å². The van der Waals surface area contributed by atoms with Crippen molar-refractivity contribution in [2.75, 3.05) is 61.2 Å². The number of benzene rings is 4. The molecule has 53 heavy (non-hydrogen) atoms. The van der Waals surface area contributed by atoms with Crippen molar-refractivity contribution in [2.45, 2.75) is 38.0 Å². The molecule has 4 aromatic rings. The molecule has 0 saturated carbocycles. The Morgan fingerprint density at radius 2 is 1.30 bits per heavy atom. The number of carbonyl (C=O) groups excluding carboxylic acids is 1. The van der Waals surface area contributed by atoms with Gasteiger partial charge in [-0.3, -0.25) is 4.79 Å². The first-order chi connectivity index (χ1) is 25.9. The Bertz CT molecular complexity index is 1920. The van der Waals surface area contributed by atoms with Crippen molar-refractivity contribution in [1.82, 2.24) is 5.32 Å². The van der Waals surface area contributed by atoms with Gasteiger partial charge < -0.3 is 53.4 Å². The summed E-state index contributed by atoms with van der Waals surface area (Å²) in [5.74, 6) is 4.56. The molecular formula is C40H45N3O10. The van der Waals surface area contributed by atoms with Crippen LogP contribution in [0.15, 0.2) is 71.9 Å². The Morgan fingerprint density at radius 3 is 1.98 bits per heavy atom. The van der Waals surface area contributed by atoms with Gasteiger partial charge in [0.1, 0.15) is 11.9 Å². The molecule has 2 unspecified atom stereocenters. The van der Waals surface area contributed by atoms with E-state index in [1.165, 1.54) is 0 Å². The van der Waals surface area contributed by atoms with E-state index in [1.54, 1.807) is 48.7 Å². The molecule has 2 aliphatic heterocycles. The van der Waals surface area contributed by atoms with Crippen molar-refractivity contribution in [1.29, 1.82) is 0 Å². The van der Waals surface area contributed by atoms with Crippen LogP contribution in [0, 0.1) is 0 Å². The molecular weight excluding hydrogens is 682 g/mol. The fourth-order valence-corrected chi connectivity index (χ4v) is 6.24. The number of hydrogen-bond acceptors (Lipinski definition) is 12. The van der Waals surface area contributed by atoms with Crippen molar-refractivity contribution in [2.24, 2.45) is 5.16 Å². The number of anilines is 1. The number of fused-ring (bicyclic) bond motifs is 1. The number of oxime groups is 1. The van der Waals surface area contributed by atoms with Gasteiger partial charge in [0, 0.05) is 17.7 Å². The SMILES string of the molecule is COc1ccc2c(c1)C(=O)NC(c1ccc(OCCCCCOc3cc(C4CC(c5cc(OC)c(OC)c(OC)c5)=NO4)ccc3OC)c(OC)c1)N2. The van der Waals surface area contributed by atoms with E-state index in [-0.39, 0.29) is 12.0 Å². The van der Waals surface area contributed by atoms with Crippen LogP contribution in [0.25, 0.3) is 0 Å². The standard InChI is InChI=1S/C40H45N3O10/c1-45-27-12-13-29-28(22-27)40(44)42-39(41-29)25-11-15-32(34(19-25)47-3)51-16-8-7-9-17-52-35-18-24(10-14-31(35)46-2)33-23-30(43-53-33)26-20-36(48-4)38(50-6)37(21-26)49-5/h10-15,18-22,33,39,41H,7-9,16-17,23H2,1-6H3,(H,42,44). The molecule has 2 atom stereocenters. The Balaban J connectivity index is 0.975. The average Bonchev–Trinajstić information content (AvgIpc) is 3.70. The van der Waals surface area contributed by atoms with Crippen LogP contribution in [0.5, 0.6) is 46.0 Å². The third kappa shape index (κ3) is 8.24. The van der Waals surface area contributed by atoms with Gasteiger partial charge >= 0.3 is 0 Å². The predicted octanol–water partition coefficient (Wildman–Crippen LogP) is 7.09. The molecule has 4 aromatic carbocycles. The van der Waals surface area contributed by atoms with E-state index in [0.29, 0.717) is 71.2 Å². The van der Waals surface area contributed by atoms with Gasteiger partial charge in [-0.15, -0.1) is 0 Å². The van der Waals surface area contributed by atoms with E-state index in [4.69, 9.17) is 42.7 Å². The van der Waals surface area contributed by atoms with Crippen molar-refractivity contribution < 1.29 is 47.5 Å². The second kappa shape index (κ2) is 17.0. The Kier molecular flexibility index (Phi) is 11.8. The second-order valence-electron chi connectivity index (χ2n) is 12.3.